The molecule has 8 nitrogen and oxygen atoms in total. The van der Waals surface area contributed by atoms with Gasteiger partial charge in [-0.2, -0.15) is 0 Å². The zero-order valence-electron chi connectivity index (χ0n) is 21.5. The molecule has 1 heterocycles. The van der Waals surface area contributed by atoms with E-state index in [0.29, 0.717) is 24.2 Å². The minimum absolute atomic E-state index is 0.0894. The first-order chi connectivity index (χ1) is 18.3. The minimum atomic E-state index is -0.922. The fourth-order valence-corrected chi connectivity index (χ4v) is 4.45. The lowest BCUT2D eigenvalue weighted by atomic mass is 10.0. The molecule has 3 aromatic rings. The maximum atomic E-state index is 13.2. The molecule has 2 N–H and O–H groups in total. The highest BCUT2D eigenvalue weighted by atomic mass is 16.5. The first-order valence-corrected chi connectivity index (χ1v) is 12.5. The first-order valence-electron chi connectivity index (χ1n) is 12.5. The summed E-state index contributed by atoms with van der Waals surface area (Å²) in [5.41, 5.74) is 3.98. The predicted molar refractivity (Wildman–Crippen MR) is 143 cm³/mol. The maximum Gasteiger partial charge on any atom is 0.328 e. The van der Waals surface area contributed by atoms with E-state index < -0.39 is 18.1 Å². The van der Waals surface area contributed by atoms with E-state index in [1.54, 1.807) is 53.4 Å². The van der Waals surface area contributed by atoms with E-state index >= 15 is 0 Å². The maximum absolute atomic E-state index is 13.2. The SMILES string of the molecule is COC(=O)[C@H](Cc1ccc(NC(=O)c2ccccc2)cc1)NC(=O)[C@@H]1CCC(=O)N1Cc1ccc(C)cc1. The summed E-state index contributed by atoms with van der Waals surface area (Å²) >= 11 is 0. The zero-order valence-corrected chi connectivity index (χ0v) is 21.5. The lowest BCUT2D eigenvalue weighted by molar-refractivity contribution is -0.146. The molecule has 3 amide bonds. The van der Waals surface area contributed by atoms with Crippen LogP contribution < -0.4 is 10.6 Å². The van der Waals surface area contributed by atoms with E-state index in [1.165, 1.54) is 7.11 Å². The van der Waals surface area contributed by atoms with Crippen molar-refractivity contribution in [3.63, 3.8) is 0 Å². The van der Waals surface area contributed by atoms with E-state index in [2.05, 4.69) is 10.6 Å². The van der Waals surface area contributed by atoms with Gasteiger partial charge in [0, 0.05) is 30.6 Å². The number of esters is 1. The normalized spacial score (nSPS) is 15.6. The zero-order chi connectivity index (χ0) is 27.1. The van der Waals surface area contributed by atoms with Crippen LogP contribution >= 0.6 is 0 Å². The fraction of sp³-hybridized carbons (Fsp3) is 0.267. The lowest BCUT2D eigenvalue weighted by Crippen LogP contribution is -2.51. The van der Waals surface area contributed by atoms with Gasteiger partial charge in [0.15, 0.2) is 0 Å². The van der Waals surface area contributed by atoms with Crippen LogP contribution in [0.2, 0.25) is 0 Å². The monoisotopic (exact) mass is 513 g/mol. The van der Waals surface area contributed by atoms with E-state index in [0.717, 1.165) is 16.7 Å². The highest BCUT2D eigenvalue weighted by Gasteiger charge is 2.37. The number of aryl methyl sites for hydroxylation is 1. The third kappa shape index (κ3) is 6.64. The van der Waals surface area contributed by atoms with Crippen molar-refractivity contribution in [3.8, 4) is 0 Å². The molecule has 8 heteroatoms. The second-order valence-electron chi connectivity index (χ2n) is 9.37. The fourth-order valence-electron chi connectivity index (χ4n) is 4.45. The number of nitrogens with one attached hydrogen (secondary N) is 2. The smallest absolute Gasteiger partial charge is 0.328 e. The Morgan fingerprint density at radius 1 is 0.947 bits per heavy atom. The number of likely N-dealkylation sites (tertiary alicyclic amines) is 1. The summed E-state index contributed by atoms with van der Waals surface area (Å²) in [6.45, 7) is 2.32. The highest BCUT2D eigenvalue weighted by Crippen LogP contribution is 2.22. The standard InChI is InChI=1S/C30H31N3O5/c1-20-8-10-22(11-9-20)19-33-26(16-17-27(33)34)29(36)32-25(30(37)38-2)18-21-12-14-24(15-13-21)31-28(35)23-6-4-3-5-7-23/h3-15,25-26H,16-19H2,1-2H3,(H,31,35)(H,32,36)/t25-,26-/m0/s1. The molecule has 1 fully saturated rings. The quantitative estimate of drug-likeness (QED) is 0.425. The number of carbonyl (C=O) groups is 4. The predicted octanol–water partition coefficient (Wildman–Crippen LogP) is 3.64. The van der Waals surface area contributed by atoms with E-state index in [4.69, 9.17) is 4.74 Å². The van der Waals surface area contributed by atoms with Gasteiger partial charge in [0.05, 0.1) is 7.11 Å². The number of anilines is 1. The molecule has 0 aromatic heterocycles. The number of benzene rings is 3. The van der Waals surface area contributed by atoms with Crippen molar-refractivity contribution >= 4 is 29.4 Å². The Morgan fingerprint density at radius 3 is 2.26 bits per heavy atom. The largest absolute Gasteiger partial charge is 0.467 e. The van der Waals surface area contributed by atoms with Crippen LogP contribution in [0.4, 0.5) is 5.69 Å². The number of hydrogen-bond donors (Lipinski definition) is 2. The van der Waals surface area contributed by atoms with Crippen LogP contribution in [-0.2, 0) is 32.1 Å². The van der Waals surface area contributed by atoms with E-state index in [-0.39, 0.29) is 30.6 Å². The summed E-state index contributed by atoms with van der Waals surface area (Å²) in [6, 6.07) is 22.2. The third-order valence-electron chi connectivity index (χ3n) is 6.59. The molecule has 4 rings (SSSR count). The Labute approximate surface area is 222 Å². The number of hydrogen-bond acceptors (Lipinski definition) is 5. The second kappa shape index (κ2) is 12.2. The molecule has 2 atom stereocenters. The summed E-state index contributed by atoms with van der Waals surface area (Å²) < 4.78 is 4.94. The van der Waals surface area contributed by atoms with Crippen molar-refractivity contribution in [1.82, 2.24) is 10.2 Å². The molecule has 0 unspecified atom stereocenters. The van der Waals surface area contributed by atoms with Gasteiger partial charge in [-0.15, -0.1) is 0 Å². The molecular formula is C30H31N3O5. The Kier molecular flexibility index (Phi) is 8.53. The van der Waals surface area contributed by atoms with E-state index in [1.807, 2.05) is 37.3 Å². The van der Waals surface area contributed by atoms with Gasteiger partial charge in [0.25, 0.3) is 5.91 Å². The van der Waals surface area contributed by atoms with Gasteiger partial charge in [-0.05, 0) is 48.7 Å². The molecular weight excluding hydrogens is 482 g/mol. The number of amides is 3. The van der Waals surface area contributed by atoms with Crippen LogP contribution in [0, 0.1) is 6.92 Å². The summed E-state index contributed by atoms with van der Waals surface area (Å²) in [5.74, 6) is -1.27. The van der Waals surface area contributed by atoms with Crippen molar-refractivity contribution in [2.24, 2.45) is 0 Å². The molecule has 1 saturated heterocycles. The second-order valence-corrected chi connectivity index (χ2v) is 9.37. The molecule has 3 aromatic carbocycles. The molecule has 0 bridgehead atoms. The number of ether oxygens (including phenoxy) is 1. The van der Waals surface area contributed by atoms with Crippen molar-refractivity contribution < 1.29 is 23.9 Å². The van der Waals surface area contributed by atoms with Crippen LogP contribution in [0.3, 0.4) is 0 Å². The van der Waals surface area contributed by atoms with Gasteiger partial charge in [0.1, 0.15) is 12.1 Å². The van der Waals surface area contributed by atoms with Gasteiger partial charge >= 0.3 is 5.97 Å². The van der Waals surface area contributed by atoms with Crippen LogP contribution in [0.5, 0.6) is 0 Å². The average molecular weight is 514 g/mol. The number of carbonyl (C=O) groups excluding carboxylic acids is 4. The van der Waals surface area contributed by atoms with Crippen LogP contribution in [0.15, 0.2) is 78.9 Å². The highest BCUT2D eigenvalue weighted by molar-refractivity contribution is 6.04. The summed E-state index contributed by atoms with van der Waals surface area (Å²) in [7, 11) is 1.27. The number of methoxy groups -OCH3 is 1. The first kappa shape index (κ1) is 26.6. The topological polar surface area (TPSA) is 105 Å². The van der Waals surface area contributed by atoms with Gasteiger partial charge in [-0.3, -0.25) is 14.4 Å². The molecule has 0 saturated carbocycles. The van der Waals surface area contributed by atoms with Gasteiger partial charge < -0.3 is 20.3 Å². The Bertz CT molecular complexity index is 1290. The molecule has 0 spiro atoms. The lowest BCUT2D eigenvalue weighted by Gasteiger charge is -2.26. The van der Waals surface area contributed by atoms with Gasteiger partial charge in [0.2, 0.25) is 11.8 Å². The van der Waals surface area contributed by atoms with Gasteiger partial charge in [-0.25, -0.2) is 4.79 Å². The Hall–Kier alpha value is -4.46. The molecule has 1 aliphatic rings. The van der Waals surface area contributed by atoms with Crippen LogP contribution in [-0.4, -0.2) is 47.8 Å². The number of rotatable bonds is 9. The van der Waals surface area contributed by atoms with E-state index in [9.17, 15) is 19.2 Å². The van der Waals surface area contributed by atoms with Crippen molar-refractivity contribution in [2.75, 3.05) is 12.4 Å². The molecule has 0 aliphatic carbocycles. The Balaban J connectivity index is 1.40. The molecule has 196 valence electrons. The summed E-state index contributed by atoms with van der Waals surface area (Å²) in [5, 5.41) is 5.63. The molecule has 38 heavy (non-hydrogen) atoms. The van der Waals surface area contributed by atoms with Crippen LogP contribution in [0.1, 0.15) is 39.9 Å². The number of nitrogens with zero attached hydrogens (tertiary/aromatic N) is 1. The van der Waals surface area contributed by atoms with Crippen LogP contribution in [0.25, 0.3) is 0 Å². The average Bonchev–Trinajstić information content (AvgIpc) is 3.30. The minimum Gasteiger partial charge on any atom is -0.467 e. The summed E-state index contributed by atoms with van der Waals surface area (Å²) in [4.78, 5) is 52.2. The van der Waals surface area contributed by atoms with Crippen molar-refractivity contribution in [1.29, 1.82) is 0 Å². The third-order valence-corrected chi connectivity index (χ3v) is 6.59. The Morgan fingerprint density at radius 2 is 1.61 bits per heavy atom. The van der Waals surface area contributed by atoms with Crippen molar-refractivity contribution in [2.45, 2.75) is 44.8 Å². The van der Waals surface area contributed by atoms with Gasteiger partial charge in [-0.1, -0.05) is 60.2 Å². The molecule has 0 radical (unpaired) electrons. The molecule has 1 aliphatic heterocycles. The van der Waals surface area contributed by atoms with Crippen molar-refractivity contribution in [3.05, 3.63) is 101 Å². The summed E-state index contributed by atoms with van der Waals surface area (Å²) in [6.07, 6.45) is 0.868.